The fourth-order valence-corrected chi connectivity index (χ4v) is 10.3. The van der Waals surface area contributed by atoms with Crippen LogP contribution in [0.4, 0.5) is 0 Å². The second kappa shape index (κ2) is 70.1. The van der Waals surface area contributed by atoms with Gasteiger partial charge in [0, 0.05) is 19.3 Å². The number of carbonyl (C=O) groups is 3. The van der Waals surface area contributed by atoms with Crippen molar-refractivity contribution < 1.29 is 28.6 Å². The Morgan fingerprint density at radius 2 is 0.476 bits per heavy atom. The number of hydrogen-bond acceptors (Lipinski definition) is 6. The van der Waals surface area contributed by atoms with Gasteiger partial charge in [-0.05, 0) is 116 Å². The molecule has 82 heavy (non-hydrogen) atoms. The molecule has 0 spiro atoms. The van der Waals surface area contributed by atoms with Crippen LogP contribution in [0.25, 0.3) is 0 Å². The van der Waals surface area contributed by atoms with Gasteiger partial charge in [0.15, 0.2) is 6.10 Å². The predicted octanol–water partition coefficient (Wildman–Crippen LogP) is 24.6. The highest BCUT2D eigenvalue weighted by Gasteiger charge is 2.19. The van der Waals surface area contributed by atoms with Crippen molar-refractivity contribution in [2.75, 3.05) is 13.2 Å². The first-order valence-electron chi connectivity index (χ1n) is 35.6. The van der Waals surface area contributed by atoms with E-state index in [1.54, 1.807) is 0 Å². The molecule has 0 heterocycles. The summed E-state index contributed by atoms with van der Waals surface area (Å²) < 4.78 is 16.9. The van der Waals surface area contributed by atoms with E-state index < -0.39 is 6.10 Å². The maximum absolute atomic E-state index is 12.9. The van der Waals surface area contributed by atoms with Gasteiger partial charge in [-0.3, -0.25) is 14.4 Å². The minimum absolute atomic E-state index is 0.0849. The molecule has 0 aromatic heterocycles. The standard InChI is InChI=1S/C76H134O6/c1-4-7-10-13-16-19-22-25-28-30-31-32-33-34-35-36-37-38-39-40-41-42-43-44-45-46-49-51-54-57-60-63-66-69-75(78)81-72-73(71-80-74(77)68-65-62-59-56-53-50-47-27-24-21-18-15-12-9-6-3)82-76(79)70-67-64-61-58-55-52-48-29-26-23-20-17-14-11-8-5-2/h9,12,18,20-23,25,27,29-31,47-48,73H,4-8,10-11,13-17,19,24,26,28,32-46,49-72H2,1-3H3/b12-9-,21-18-,23-20-,25-22-,31-30-,47-27-,48-29-. The molecule has 0 fully saturated rings. The molecule has 0 saturated carbocycles. The van der Waals surface area contributed by atoms with Gasteiger partial charge in [-0.1, -0.05) is 311 Å². The number of esters is 3. The number of rotatable bonds is 65. The van der Waals surface area contributed by atoms with Crippen LogP contribution in [0.15, 0.2) is 85.1 Å². The quantitative estimate of drug-likeness (QED) is 0.0261. The first-order valence-corrected chi connectivity index (χ1v) is 35.6. The zero-order valence-corrected chi connectivity index (χ0v) is 54.5. The van der Waals surface area contributed by atoms with E-state index in [-0.39, 0.29) is 31.1 Å². The molecule has 0 N–H and O–H groups in total. The van der Waals surface area contributed by atoms with E-state index in [0.717, 1.165) is 128 Å². The van der Waals surface area contributed by atoms with Gasteiger partial charge in [-0.2, -0.15) is 0 Å². The Balaban J connectivity index is 4.17. The normalized spacial score (nSPS) is 12.6. The Bertz CT molecular complexity index is 1550. The maximum Gasteiger partial charge on any atom is 0.306 e. The second-order valence-electron chi connectivity index (χ2n) is 23.8. The van der Waals surface area contributed by atoms with Crippen LogP contribution in [-0.2, 0) is 28.6 Å². The average Bonchev–Trinajstić information content (AvgIpc) is 3.47. The molecular formula is C76H134O6. The molecule has 0 amide bonds. The molecule has 0 aliphatic heterocycles. The van der Waals surface area contributed by atoms with Crippen molar-refractivity contribution in [2.45, 2.75) is 367 Å². The van der Waals surface area contributed by atoms with Gasteiger partial charge < -0.3 is 14.2 Å². The van der Waals surface area contributed by atoms with Gasteiger partial charge in [-0.25, -0.2) is 0 Å². The summed E-state index contributed by atoms with van der Waals surface area (Å²) in [7, 11) is 0. The van der Waals surface area contributed by atoms with Crippen molar-refractivity contribution in [3.8, 4) is 0 Å². The first-order chi connectivity index (χ1) is 40.5. The minimum Gasteiger partial charge on any atom is -0.462 e. The number of allylic oxidation sites excluding steroid dienone is 14. The topological polar surface area (TPSA) is 78.9 Å². The highest BCUT2D eigenvalue weighted by Crippen LogP contribution is 2.18. The Morgan fingerprint density at radius 3 is 0.756 bits per heavy atom. The van der Waals surface area contributed by atoms with Crippen LogP contribution in [-0.4, -0.2) is 37.2 Å². The van der Waals surface area contributed by atoms with Crippen LogP contribution in [0, 0.1) is 0 Å². The fourth-order valence-electron chi connectivity index (χ4n) is 10.3. The molecule has 6 nitrogen and oxygen atoms in total. The van der Waals surface area contributed by atoms with E-state index in [2.05, 4.69) is 106 Å². The predicted molar refractivity (Wildman–Crippen MR) is 358 cm³/mol. The van der Waals surface area contributed by atoms with Gasteiger partial charge in [-0.15, -0.1) is 0 Å². The Kier molecular flexibility index (Phi) is 67.2. The molecule has 0 radical (unpaired) electrons. The van der Waals surface area contributed by atoms with Crippen LogP contribution >= 0.6 is 0 Å². The summed E-state index contributed by atoms with van der Waals surface area (Å²) >= 11 is 0. The Labute approximate surface area is 509 Å². The van der Waals surface area contributed by atoms with Crippen molar-refractivity contribution in [3.05, 3.63) is 85.1 Å². The van der Waals surface area contributed by atoms with Crippen LogP contribution in [0.3, 0.4) is 0 Å². The van der Waals surface area contributed by atoms with Gasteiger partial charge in [0.2, 0.25) is 0 Å². The monoisotopic (exact) mass is 1140 g/mol. The summed E-state index contributed by atoms with van der Waals surface area (Å²) in [5, 5.41) is 0. The van der Waals surface area contributed by atoms with Crippen molar-refractivity contribution >= 4 is 17.9 Å². The molecule has 0 rings (SSSR count). The van der Waals surface area contributed by atoms with Crippen LogP contribution in [0.5, 0.6) is 0 Å². The molecule has 0 aliphatic rings. The highest BCUT2D eigenvalue weighted by atomic mass is 16.6. The molecule has 0 bridgehead atoms. The summed E-state index contributed by atoms with van der Waals surface area (Å²) in [5.74, 6) is -0.900. The Hall–Kier alpha value is -3.41. The van der Waals surface area contributed by atoms with Gasteiger partial charge >= 0.3 is 17.9 Å². The lowest BCUT2D eigenvalue weighted by atomic mass is 10.0. The second-order valence-corrected chi connectivity index (χ2v) is 23.8. The summed E-state index contributed by atoms with van der Waals surface area (Å²) in [4.78, 5) is 38.4. The third-order valence-corrected chi connectivity index (χ3v) is 15.6. The van der Waals surface area contributed by atoms with E-state index in [1.807, 2.05) is 0 Å². The van der Waals surface area contributed by atoms with E-state index >= 15 is 0 Å². The Morgan fingerprint density at radius 1 is 0.256 bits per heavy atom. The van der Waals surface area contributed by atoms with Gasteiger partial charge in [0.05, 0.1) is 0 Å². The highest BCUT2D eigenvalue weighted by molar-refractivity contribution is 5.71. The van der Waals surface area contributed by atoms with Crippen LogP contribution < -0.4 is 0 Å². The summed E-state index contributed by atoms with van der Waals surface area (Å²) in [6.45, 7) is 6.52. The summed E-state index contributed by atoms with van der Waals surface area (Å²) in [6.07, 6.45) is 93.4. The average molecular weight is 1140 g/mol. The van der Waals surface area contributed by atoms with E-state index in [1.165, 1.54) is 193 Å². The van der Waals surface area contributed by atoms with E-state index in [0.29, 0.717) is 19.3 Å². The lowest BCUT2D eigenvalue weighted by molar-refractivity contribution is -0.167. The fraction of sp³-hybridized carbons (Fsp3) is 0.776. The summed E-state index contributed by atoms with van der Waals surface area (Å²) in [5.41, 5.74) is 0. The van der Waals surface area contributed by atoms with Crippen molar-refractivity contribution in [3.63, 3.8) is 0 Å². The zero-order chi connectivity index (χ0) is 59.2. The lowest BCUT2D eigenvalue weighted by Crippen LogP contribution is -2.30. The van der Waals surface area contributed by atoms with Crippen LogP contribution in [0.1, 0.15) is 361 Å². The molecule has 1 atom stereocenters. The minimum atomic E-state index is -0.791. The molecule has 6 heteroatoms. The number of ether oxygens (including phenoxy) is 3. The van der Waals surface area contributed by atoms with Crippen molar-refractivity contribution in [2.24, 2.45) is 0 Å². The molecule has 0 aromatic rings. The first kappa shape index (κ1) is 78.6. The van der Waals surface area contributed by atoms with Crippen molar-refractivity contribution in [1.29, 1.82) is 0 Å². The summed E-state index contributed by atoms with van der Waals surface area (Å²) in [6, 6.07) is 0. The lowest BCUT2D eigenvalue weighted by Gasteiger charge is -2.18. The van der Waals surface area contributed by atoms with Gasteiger partial charge in [0.1, 0.15) is 13.2 Å². The number of unbranched alkanes of at least 4 members (excludes halogenated alkanes) is 40. The molecule has 0 aliphatic carbocycles. The molecule has 0 aromatic carbocycles. The molecule has 1 unspecified atom stereocenters. The van der Waals surface area contributed by atoms with E-state index in [4.69, 9.17) is 14.2 Å². The molecule has 0 saturated heterocycles. The third-order valence-electron chi connectivity index (χ3n) is 15.6. The number of carbonyl (C=O) groups excluding carboxylic acids is 3. The SMILES string of the molecule is CC/C=C\C/C=C\C/C=C\CCCCCCCC(=O)OCC(COC(=O)CCCCCCCCCCCCCCCCCCCCCCC/C=C\C/C=C\CCCCCCC)OC(=O)CCCCCCC/C=C\C/C=C\CCCCCC. The van der Waals surface area contributed by atoms with E-state index in [9.17, 15) is 14.4 Å². The smallest absolute Gasteiger partial charge is 0.306 e. The van der Waals surface area contributed by atoms with Gasteiger partial charge in [0.25, 0.3) is 0 Å². The maximum atomic E-state index is 12.9. The zero-order valence-electron chi connectivity index (χ0n) is 54.5. The van der Waals surface area contributed by atoms with Crippen LogP contribution in [0.2, 0.25) is 0 Å². The van der Waals surface area contributed by atoms with Crippen molar-refractivity contribution in [1.82, 2.24) is 0 Å². The third kappa shape index (κ3) is 67.4. The molecule has 474 valence electrons. The largest absolute Gasteiger partial charge is 0.462 e. The number of hydrogen-bond donors (Lipinski definition) is 0. The molecular weight excluding hydrogens is 1010 g/mol.